The third-order valence-electron chi connectivity index (χ3n) is 7.22. The number of hydrogen-bond donors (Lipinski definition) is 1. The van der Waals surface area contributed by atoms with Crippen molar-refractivity contribution in [3.8, 4) is 0 Å². The van der Waals surface area contributed by atoms with E-state index in [0.29, 0.717) is 17.7 Å². The maximum Gasteiger partial charge on any atom is 0.419 e. The number of carbonyl (C=O) groups is 1. The van der Waals surface area contributed by atoms with E-state index in [1.807, 2.05) is 0 Å². The molecular weight excluding hydrogens is 597 g/mol. The molecule has 0 aliphatic rings. The van der Waals surface area contributed by atoms with Gasteiger partial charge in [-0.1, -0.05) is 60.7 Å². The highest BCUT2D eigenvalue weighted by Crippen LogP contribution is 2.42. The standard InChI is InChI=1S/C33H20F9NO/c34-23-16-21(15-22(17-23)32(37,38)39)31(18-19-6-2-1-3-7-19,26-11-13-28(35)25-9-5-4-8-24(25)26)43-30(44)20-10-12-29(36)27(14-20)33(40,41)42/h1-17H,18H2,(H,43,44). The lowest BCUT2D eigenvalue weighted by molar-refractivity contribution is -0.140. The van der Waals surface area contributed by atoms with Gasteiger partial charge in [-0.15, -0.1) is 0 Å². The summed E-state index contributed by atoms with van der Waals surface area (Å²) in [5.41, 5.74) is -5.90. The summed E-state index contributed by atoms with van der Waals surface area (Å²) >= 11 is 0. The van der Waals surface area contributed by atoms with Crippen LogP contribution >= 0.6 is 0 Å². The summed E-state index contributed by atoms with van der Waals surface area (Å²) in [6.45, 7) is 0. The van der Waals surface area contributed by atoms with Crippen molar-refractivity contribution in [3.05, 3.63) is 154 Å². The van der Waals surface area contributed by atoms with Crippen molar-refractivity contribution in [2.24, 2.45) is 0 Å². The minimum atomic E-state index is -5.17. The highest BCUT2D eigenvalue weighted by atomic mass is 19.4. The van der Waals surface area contributed by atoms with Crippen LogP contribution in [0.15, 0.2) is 103 Å². The number of carbonyl (C=O) groups excluding carboxylic acids is 1. The number of rotatable bonds is 6. The molecule has 0 saturated heterocycles. The molecule has 0 radical (unpaired) electrons. The number of nitrogens with one attached hydrogen (secondary N) is 1. The van der Waals surface area contributed by atoms with Crippen LogP contribution in [0.1, 0.15) is 38.2 Å². The van der Waals surface area contributed by atoms with Crippen LogP contribution in [0.3, 0.4) is 0 Å². The average molecular weight is 618 g/mol. The number of hydrogen-bond acceptors (Lipinski definition) is 1. The Balaban J connectivity index is 1.84. The smallest absolute Gasteiger partial charge is 0.338 e. The highest BCUT2D eigenvalue weighted by molar-refractivity contribution is 5.96. The second kappa shape index (κ2) is 11.4. The summed E-state index contributed by atoms with van der Waals surface area (Å²) in [7, 11) is 0. The van der Waals surface area contributed by atoms with E-state index in [9.17, 15) is 44.3 Å². The maximum atomic E-state index is 15.0. The molecule has 2 nitrogen and oxygen atoms in total. The van der Waals surface area contributed by atoms with Crippen LogP contribution in [-0.2, 0) is 24.3 Å². The van der Waals surface area contributed by atoms with Crippen molar-refractivity contribution in [2.75, 3.05) is 0 Å². The Bertz CT molecular complexity index is 1850. The summed E-state index contributed by atoms with van der Waals surface area (Å²) in [6.07, 6.45) is -10.5. The molecule has 0 bridgehead atoms. The van der Waals surface area contributed by atoms with Gasteiger partial charge in [0, 0.05) is 17.4 Å². The predicted octanol–water partition coefficient (Wildman–Crippen LogP) is 9.21. The van der Waals surface area contributed by atoms with E-state index in [1.54, 1.807) is 30.3 Å². The van der Waals surface area contributed by atoms with Crippen LogP contribution in [0.2, 0.25) is 0 Å². The fraction of sp³-hybridized carbons (Fsp3) is 0.121. The number of fused-ring (bicyclic) bond motifs is 1. The molecule has 0 heterocycles. The van der Waals surface area contributed by atoms with Crippen LogP contribution < -0.4 is 5.32 Å². The number of benzene rings is 5. The molecule has 1 unspecified atom stereocenters. The van der Waals surface area contributed by atoms with Crippen molar-refractivity contribution in [3.63, 3.8) is 0 Å². The molecule has 5 aromatic carbocycles. The molecule has 0 aromatic heterocycles. The van der Waals surface area contributed by atoms with E-state index >= 15 is 0 Å². The summed E-state index contributed by atoms with van der Waals surface area (Å²) < 4.78 is 126. The monoisotopic (exact) mass is 617 g/mol. The summed E-state index contributed by atoms with van der Waals surface area (Å²) in [6, 6.07) is 19.3. The molecule has 1 N–H and O–H groups in total. The normalized spacial score (nSPS) is 13.5. The zero-order valence-corrected chi connectivity index (χ0v) is 22.3. The minimum absolute atomic E-state index is 0.0188. The number of amides is 1. The van der Waals surface area contributed by atoms with E-state index < -0.39 is 63.5 Å². The fourth-order valence-electron chi connectivity index (χ4n) is 5.22. The lowest BCUT2D eigenvalue weighted by atomic mass is 9.75. The predicted molar refractivity (Wildman–Crippen MR) is 145 cm³/mol. The zero-order valence-electron chi connectivity index (χ0n) is 22.3. The first-order valence-electron chi connectivity index (χ1n) is 13.0. The second-order valence-electron chi connectivity index (χ2n) is 10.1. The highest BCUT2D eigenvalue weighted by Gasteiger charge is 2.42. The average Bonchev–Trinajstić information content (AvgIpc) is 2.96. The molecule has 1 atom stereocenters. The van der Waals surface area contributed by atoms with Gasteiger partial charge in [0.05, 0.1) is 16.7 Å². The first kappa shape index (κ1) is 30.7. The number of halogens is 9. The van der Waals surface area contributed by atoms with Gasteiger partial charge in [0.1, 0.15) is 17.5 Å². The molecular formula is C33H20F9NO. The molecule has 0 saturated carbocycles. The summed E-state index contributed by atoms with van der Waals surface area (Å²) in [4.78, 5) is 13.8. The van der Waals surface area contributed by atoms with Gasteiger partial charge in [0.15, 0.2) is 0 Å². The quantitative estimate of drug-likeness (QED) is 0.189. The lowest BCUT2D eigenvalue weighted by Crippen LogP contribution is -2.49. The SMILES string of the molecule is O=C(NC(Cc1ccccc1)(c1cc(F)cc(C(F)(F)F)c1)c1ccc(F)c2ccccc12)c1ccc(F)c(C(F)(F)F)c1. The van der Waals surface area contributed by atoms with Gasteiger partial charge < -0.3 is 5.32 Å². The molecule has 11 heteroatoms. The Hall–Kier alpha value is -4.80. The first-order chi connectivity index (χ1) is 20.7. The fourth-order valence-corrected chi connectivity index (χ4v) is 5.22. The molecule has 5 aromatic rings. The minimum Gasteiger partial charge on any atom is -0.338 e. The zero-order chi connectivity index (χ0) is 31.9. The van der Waals surface area contributed by atoms with Gasteiger partial charge in [-0.3, -0.25) is 4.79 Å². The Morgan fingerprint density at radius 1 is 0.591 bits per heavy atom. The second-order valence-corrected chi connectivity index (χ2v) is 10.1. The van der Waals surface area contributed by atoms with E-state index in [2.05, 4.69) is 5.32 Å². The molecule has 44 heavy (non-hydrogen) atoms. The summed E-state index contributed by atoms with van der Waals surface area (Å²) in [5, 5.41) is 2.71. The Labute approximate surface area is 244 Å². The first-order valence-corrected chi connectivity index (χ1v) is 13.0. The van der Waals surface area contributed by atoms with Crippen LogP contribution in [0.4, 0.5) is 39.5 Å². The van der Waals surface area contributed by atoms with Crippen molar-refractivity contribution in [1.82, 2.24) is 5.32 Å². The van der Waals surface area contributed by atoms with Gasteiger partial charge in [0.2, 0.25) is 0 Å². The molecule has 0 fully saturated rings. The van der Waals surface area contributed by atoms with E-state index in [1.165, 1.54) is 30.3 Å². The molecule has 0 aliphatic carbocycles. The van der Waals surface area contributed by atoms with Gasteiger partial charge in [0.25, 0.3) is 5.91 Å². The maximum absolute atomic E-state index is 15.0. The van der Waals surface area contributed by atoms with Gasteiger partial charge in [-0.25, -0.2) is 13.2 Å². The van der Waals surface area contributed by atoms with Gasteiger partial charge in [-0.2, -0.15) is 26.3 Å². The molecule has 226 valence electrons. The van der Waals surface area contributed by atoms with Gasteiger partial charge in [-0.05, 0) is 64.5 Å². The molecule has 0 spiro atoms. The largest absolute Gasteiger partial charge is 0.419 e. The Morgan fingerprint density at radius 3 is 1.86 bits per heavy atom. The van der Waals surface area contributed by atoms with Crippen molar-refractivity contribution < 1.29 is 44.3 Å². The third kappa shape index (κ3) is 5.99. The Morgan fingerprint density at radius 2 is 1.20 bits per heavy atom. The summed E-state index contributed by atoms with van der Waals surface area (Å²) in [5.74, 6) is -4.89. The van der Waals surface area contributed by atoms with E-state index in [4.69, 9.17) is 0 Å². The van der Waals surface area contributed by atoms with Crippen LogP contribution in [0, 0.1) is 17.5 Å². The molecule has 5 rings (SSSR count). The van der Waals surface area contributed by atoms with Crippen molar-refractivity contribution in [1.29, 1.82) is 0 Å². The topological polar surface area (TPSA) is 29.1 Å². The van der Waals surface area contributed by atoms with E-state index in [-0.39, 0.29) is 34.9 Å². The Kier molecular flexibility index (Phi) is 7.92. The van der Waals surface area contributed by atoms with Crippen molar-refractivity contribution >= 4 is 16.7 Å². The molecule has 0 aliphatic heterocycles. The van der Waals surface area contributed by atoms with E-state index in [0.717, 1.165) is 18.2 Å². The molecule has 1 amide bonds. The van der Waals surface area contributed by atoms with Gasteiger partial charge >= 0.3 is 12.4 Å². The number of alkyl halides is 6. The van der Waals surface area contributed by atoms with Crippen LogP contribution in [0.5, 0.6) is 0 Å². The van der Waals surface area contributed by atoms with Crippen LogP contribution in [0.25, 0.3) is 10.8 Å². The third-order valence-corrected chi connectivity index (χ3v) is 7.22. The van der Waals surface area contributed by atoms with Crippen molar-refractivity contribution in [2.45, 2.75) is 24.3 Å². The lowest BCUT2D eigenvalue weighted by Gasteiger charge is -2.38. The van der Waals surface area contributed by atoms with Crippen LogP contribution in [-0.4, -0.2) is 5.91 Å².